The first-order valence-electron chi connectivity index (χ1n) is 24.8. The fraction of sp³-hybridized carbons (Fsp3) is 0.0377. The van der Waals surface area contributed by atoms with E-state index in [-0.39, 0.29) is 46.0 Å². The molecule has 0 aliphatic rings. The van der Waals surface area contributed by atoms with Crippen molar-refractivity contribution < 1.29 is 122 Å². The summed E-state index contributed by atoms with van der Waals surface area (Å²) in [5, 5.41) is 31.0. The lowest BCUT2D eigenvalue weighted by Crippen LogP contribution is -2.22. The first-order valence-corrected chi connectivity index (χ1v) is 33.4. The van der Waals surface area contributed by atoms with Crippen LogP contribution in [0.5, 0.6) is 0 Å². The van der Waals surface area contributed by atoms with Crippen LogP contribution >= 0.6 is 0 Å². The molecule has 0 aliphatic carbocycles. The summed E-state index contributed by atoms with van der Waals surface area (Å²) in [4.78, 5) is 86.3. The van der Waals surface area contributed by atoms with E-state index in [0.29, 0.717) is 47.5 Å². The van der Waals surface area contributed by atoms with Crippen molar-refractivity contribution >= 4 is 158 Å². The number of carboxylic acids is 2. The second-order valence-corrected chi connectivity index (χ2v) is 28.0. The molecule has 0 unspecified atom stereocenters. The lowest BCUT2D eigenvalue weighted by molar-refractivity contribution is 0.0686. The molecule has 8 aromatic rings. The molecule has 0 aromatic heterocycles. The van der Waals surface area contributed by atoms with Gasteiger partial charge < -0.3 is 42.1 Å². The maximum absolute atomic E-state index is 13.8. The number of hydrogen-bond acceptors (Lipinski definition) is 19. The van der Waals surface area contributed by atoms with E-state index in [2.05, 4.69) is 31.9 Å². The highest BCUT2D eigenvalue weighted by Gasteiger charge is 2.29. The van der Waals surface area contributed by atoms with Crippen molar-refractivity contribution in [1.82, 2.24) is 0 Å². The Hall–Kier alpha value is -10.2. The van der Waals surface area contributed by atoms with Crippen molar-refractivity contribution in [3.05, 3.63) is 166 Å². The first kappa shape index (κ1) is 67.8. The summed E-state index contributed by atoms with van der Waals surface area (Å²) in [6, 6.07) is 15.5. The van der Waals surface area contributed by atoms with Gasteiger partial charge in [-0.3, -0.25) is 46.5 Å². The molecule has 0 fully saturated rings. The standard InChI is InChI=1S/C53H40N6O27S6/c1-23-3-5-25(47(60)54-33-9-29(7-31(11-33)51(64)65)49(62)56-41-19-35(87(69,70)71)13-27-15-37(89(75,76)77)21-43(45(27)41)91(81,82)83)17-39(23)58-53(68)59-40-18-26(6-4-24(40)2)48(61)55-34-10-30(8-32(12-34)52(66)67)50(63)57-42-20-36(88(72,73)74)14-28-16-38(90(78,79)80)22-44(46(28)42)92(84,85)86/h3-22H,1-2H3,(H,54,60)(H,55,61)(H,56,62)(H,57,63)(H,64,65)(H,66,67)(H2,58,59,68)(H,69,70,71)(H,72,73,74)(H,75,76,77)(H,78,79,80)(H,81,82,83)(H,84,85,86). The van der Waals surface area contributed by atoms with Crippen LogP contribution in [-0.2, 0) is 60.7 Å². The van der Waals surface area contributed by atoms with Crippen molar-refractivity contribution in [2.75, 3.05) is 31.9 Å². The third-order valence-electron chi connectivity index (χ3n) is 13.1. The summed E-state index contributed by atoms with van der Waals surface area (Å²) in [6.07, 6.45) is 0. The van der Waals surface area contributed by atoms with Crippen molar-refractivity contribution in [2.45, 2.75) is 43.2 Å². The van der Waals surface area contributed by atoms with Gasteiger partial charge in [0.25, 0.3) is 84.3 Å². The zero-order valence-electron chi connectivity index (χ0n) is 45.8. The van der Waals surface area contributed by atoms with E-state index in [4.69, 9.17) is 0 Å². The second-order valence-electron chi connectivity index (χ2n) is 19.5. The molecule has 0 saturated heterocycles. The Bertz CT molecular complexity index is 5030. The lowest BCUT2D eigenvalue weighted by atomic mass is 10.1. The van der Waals surface area contributed by atoms with Crippen LogP contribution in [0.2, 0.25) is 0 Å². The van der Waals surface area contributed by atoms with E-state index < -0.39 is 187 Å². The molecule has 0 bridgehead atoms. The van der Waals surface area contributed by atoms with Gasteiger partial charge in [0, 0.05) is 55.8 Å². The van der Waals surface area contributed by atoms with E-state index >= 15 is 0 Å². The van der Waals surface area contributed by atoms with Gasteiger partial charge in [-0.25, -0.2) is 14.4 Å². The Morgan fingerprint density at radius 1 is 0.304 bits per heavy atom. The third-order valence-corrected chi connectivity index (χ3v) is 18.1. The molecular weight excluding hydrogens is 1340 g/mol. The maximum Gasteiger partial charge on any atom is 0.335 e. The number of aryl methyl sites for hydroxylation is 2. The molecule has 0 heterocycles. The number of hydrogen-bond donors (Lipinski definition) is 14. The predicted octanol–water partition coefficient (Wildman–Crippen LogP) is 6.14. The quantitative estimate of drug-likeness (QED) is 0.0429. The number of carbonyl (C=O) groups excluding carboxylic acids is 5. The van der Waals surface area contributed by atoms with Crippen LogP contribution < -0.4 is 31.9 Å². The molecule has 92 heavy (non-hydrogen) atoms. The van der Waals surface area contributed by atoms with Gasteiger partial charge in [0.1, 0.15) is 9.79 Å². The van der Waals surface area contributed by atoms with E-state index in [9.17, 15) is 122 Å². The number of amides is 6. The van der Waals surface area contributed by atoms with Crippen molar-refractivity contribution in [3.8, 4) is 0 Å². The number of fused-ring (bicyclic) bond motifs is 2. The number of benzene rings is 8. The molecule has 8 aromatic carbocycles. The molecule has 14 N–H and O–H groups in total. The van der Waals surface area contributed by atoms with E-state index in [1.165, 1.54) is 50.2 Å². The Balaban J connectivity index is 1.01. The van der Waals surface area contributed by atoms with Crippen LogP contribution in [0.15, 0.2) is 151 Å². The summed E-state index contributed by atoms with van der Waals surface area (Å²) in [5.74, 6) is -8.04. The molecule has 39 heteroatoms. The van der Waals surface area contributed by atoms with E-state index in [1.807, 2.05) is 0 Å². The van der Waals surface area contributed by atoms with Crippen LogP contribution in [-0.4, -0.2) is 130 Å². The average Bonchev–Trinajstić information content (AvgIpc) is 0.757. The minimum absolute atomic E-state index is 0.0176. The topological polar surface area (TPSA) is 558 Å². The van der Waals surface area contributed by atoms with Gasteiger partial charge in [-0.2, -0.15) is 50.5 Å². The van der Waals surface area contributed by atoms with Crippen LogP contribution in [0.1, 0.15) is 73.3 Å². The van der Waals surface area contributed by atoms with Gasteiger partial charge >= 0.3 is 18.0 Å². The van der Waals surface area contributed by atoms with Crippen LogP contribution in [0.3, 0.4) is 0 Å². The minimum atomic E-state index is -5.48. The zero-order chi connectivity index (χ0) is 68.3. The Kier molecular flexibility index (Phi) is 18.1. The number of carbonyl (C=O) groups is 7. The summed E-state index contributed by atoms with van der Waals surface area (Å²) in [7, 11) is -32.0. The first-order chi connectivity index (χ1) is 42.3. The van der Waals surface area contributed by atoms with Gasteiger partial charge in [0.15, 0.2) is 0 Å². The van der Waals surface area contributed by atoms with Crippen LogP contribution in [0.4, 0.5) is 38.9 Å². The number of rotatable bonds is 18. The molecule has 8 rings (SSSR count). The van der Waals surface area contributed by atoms with Crippen molar-refractivity contribution in [1.29, 1.82) is 0 Å². The molecule has 0 spiro atoms. The number of nitrogens with one attached hydrogen (secondary N) is 6. The molecule has 33 nitrogen and oxygen atoms in total. The SMILES string of the molecule is Cc1ccc(C(=O)Nc2cc(C(=O)O)cc(C(=O)Nc3cc(S(=O)(=O)O)cc4cc(S(=O)(=O)O)cc(S(=O)(=O)O)c34)c2)cc1NC(=O)Nc1cc(C(=O)Nc2cc(C(=O)O)cc(C(=O)Nc3cc(S(=O)(=O)O)cc4cc(S(=O)(=O)O)cc(S(=O)(=O)O)c34)c2)ccc1C. The monoisotopic (exact) mass is 1380 g/mol. The molecule has 480 valence electrons. The summed E-state index contributed by atoms with van der Waals surface area (Å²) < 4.78 is 206. The Morgan fingerprint density at radius 3 is 0.891 bits per heavy atom. The summed E-state index contributed by atoms with van der Waals surface area (Å²) in [5.41, 5.74) is -4.76. The smallest absolute Gasteiger partial charge is 0.335 e. The highest BCUT2D eigenvalue weighted by atomic mass is 32.2. The van der Waals surface area contributed by atoms with E-state index in [1.54, 1.807) is 0 Å². The number of aromatic carboxylic acids is 2. The number of anilines is 6. The molecule has 0 radical (unpaired) electrons. The van der Waals surface area contributed by atoms with Gasteiger partial charge in [-0.1, -0.05) is 12.1 Å². The predicted molar refractivity (Wildman–Crippen MR) is 320 cm³/mol. The largest absolute Gasteiger partial charge is 0.478 e. The molecule has 0 atom stereocenters. The minimum Gasteiger partial charge on any atom is -0.478 e. The lowest BCUT2D eigenvalue weighted by Gasteiger charge is -2.16. The van der Waals surface area contributed by atoms with Crippen LogP contribution in [0.25, 0.3) is 21.5 Å². The van der Waals surface area contributed by atoms with Crippen molar-refractivity contribution in [3.63, 3.8) is 0 Å². The number of urea groups is 1. The Labute approximate surface area is 517 Å². The normalized spacial score (nSPS) is 12.2. The highest BCUT2D eigenvalue weighted by Crippen LogP contribution is 2.38. The number of carboxylic acid groups (broad SMARTS) is 2. The van der Waals surface area contributed by atoms with Gasteiger partial charge in [0.05, 0.1) is 42.1 Å². The summed E-state index contributed by atoms with van der Waals surface area (Å²) in [6.45, 7) is 3.02. The molecule has 0 saturated carbocycles. The molecule has 0 aliphatic heterocycles. The average molecular weight is 1390 g/mol. The fourth-order valence-corrected chi connectivity index (χ4v) is 12.7. The third kappa shape index (κ3) is 15.3. The maximum atomic E-state index is 13.8. The molecule has 6 amide bonds. The van der Waals surface area contributed by atoms with Crippen LogP contribution in [0, 0.1) is 13.8 Å². The second kappa shape index (κ2) is 24.6. The summed E-state index contributed by atoms with van der Waals surface area (Å²) >= 11 is 0. The van der Waals surface area contributed by atoms with Crippen molar-refractivity contribution in [2.24, 2.45) is 0 Å². The van der Waals surface area contributed by atoms with Gasteiger partial charge in [-0.05, 0) is 145 Å². The fourth-order valence-electron chi connectivity index (χ4n) is 8.82. The highest BCUT2D eigenvalue weighted by molar-refractivity contribution is 7.87. The zero-order valence-corrected chi connectivity index (χ0v) is 50.7. The van der Waals surface area contributed by atoms with Gasteiger partial charge in [0.2, 0.25) is 0 Å². The Morgan fingerprint density at radius 2 is 0.598 bits per heavy atom. The molecular formula is C53H40N6O27S6. The van der Waals surface area contributed by atoms with Gasteiger partial charge in [-0.15, -0.1) is 0 Å². The van der Waals surface area contributed by atoms with E-state index in [0.717, 1.165) is 36.4 Å².